The minimum absolute atomic E-state index is 0.0826. The van der Waals surface area contributed by atoms with Crippen LogP contribution in [0, 0.1) is 6.92 Å². The van der Waals surface area contributed by atoms with Gasteiger partial charge in [0.15, 0.2) is 5.78 Å². The minimum Gasteiger partial charge on any atom is -0.358 e. The highest BCUT2D eigenvalue weighted by Crippen LogP contribution is 2.37. The first-order valence-corrected chi connectivity index (χ1v) is 9.25. The molecule has 0 fully saturated rings. The van der Waals surface area contributed by atoms with E-state index in [2.05, 4.69) is 10.6 Å². The summed E-state index contributed by atoms with van der Waals surface area (Å²) in [6.07, 6.45) is -3.15. The second-order valence-corrected chi connectivity index (χ2v) is 7.03. The summed E-state index contributed by atoms with van der Waals surface area (Å²) in [6, 6.07) is 10.3. The molecular formula is C22H21F3N2O2. The van der Waals surface area contributed by atoms with Gasteiger partial charge in [0.05, 0.1) is 11.3 Å². The smallest absolute Gasteiger partial charge is 0.358 e. The molecule has 0 aliphatic heterocycles. The van der Waals surface area contributed by atoms with Crippen molar-refractivity contribution in [3.63, 3.8) is 0 Å². The van der Waals surface area contributed by atoms with Gasteiger partial charge in [0, 0.05) is 28.9 Å². The maximum absolute atomic E-state index is 13.5. The summed E-state index contributed by atoms with van der Waals surface area (Å²) in [5.41, 5.74) is 1.28. The summed E-state index contributed by atoms with van der Waals surface area (Å²) in [4.78, 5) is 24.5. The Labute approximate surface area is 166 Å². The number of nitrogens with one attached hydrogen (secondary N) is 2. The highest BCUT2D eigenvalue weighted by atomic mass is 19.4. The van der Waals surface area contributed by atoms with Crippen molar-refractivity contribution in [2.24, 2.45) is 0 Å². The van der Waals surface area contributed by atoms with Crippen LogP contribution in [0.4, 0.5) is 24.5 Å². The number of halogens is 3. The Morgan fingerprint density at radius 1 is 1.00 bits per heavy atom. The molecule has 2 N–H and O–H groups in total. The van der Waals surface area contributed by atoms with Crippen LogP contribution in [-0.2, 0) is 11.0 Å². The van der Waals surface area contributed by atoms with Crippen LogP contribution < -0.4 is 10.6 Å². The average molecular weight is 402 g/mol. The predicted molar refractivity (Wildman–Crippen MR) is 106 cm³/mol. The number of amides is 1. The van der Waals surface area contributed by atoms with E-state index in [1.54, 1.807) is 19.1 Å². The van der Waals surface area contributed by atoms with E-state index >= 15 is 0 Å². The summed E-state index contributed by atoms with van der Waals surface area (Å²) >= 11 is 0. The molecule has 0 atom stereocenters. The molecule has 152 valence electrons. The predicted octanol–water partition coefficient (Wildman–Crippen LogP) is 5.71. The fourth-order valence-electron chi connectivity index (χ4n) is 3.23. The number of carbonyl (C=O) groups excluding carboxylic acids is 2. The number of benzene rings is 2. The zero-order valence-corrected chi connectivity index (χ0v) is 16.1. The summed E-state index contributed by atoms with van der Waals surface area (Å²) in [5.74, 6) is -0.595. The molecule has 0 heterocycles. The van der Waals surface area contributed by atoms with Crippen LogP contribution in [0.1, 0.15) is 47.7 Å². The van der Waals surface area contributed by atoms with E-state index in [0.717, 1.165) is 17.7 Å². The number of anilines is 2. The molecule has 0 bridgehead atoms. The van der Waals surface area contributed by atoms with E-state index in [1.165, 1.54) is 6.07 Å². The third-order valence-corrected chi connectivity index (χ3v) is 4.97. The maximum Gasteiger partial charge on any atom is 0.418 e. The first-order chi connectivity index (χ1) is 13.7. The molecule has 0 unspecified atom stereocenters. The van der Waals surface area contributed by atoms with Crippen molar-refractivity contribution in [2.45, 2.75) is 39.3 Å². The molecule has 0 radical (unpaired) electrons. The standard InChI is InChI=1S/C22H21F3N2O2/c1-13-6-3-4-7-17(13)27-21(29)15-10-11-16(22(23,24)25)19(12-15)26-18-8-5-9-20(28)14(18)2/h3-4,6-7,10-12,26H,5,8-9H2,1-2H3,(H,27,29). The number of allylic oxidation sites excluding steroid dienone is 2. The SMILES string of the molecule is CC1=C(Nc2cc(C(=O)Nc3ccccc3C)ccc2C(F)(F)F)CCCC1=O. The monoisotopic (exact) mass is 402 g/mol. The minimum atomic E-state index is -4.60. The molecule has 0 saturated carbocycles. The van der Waals surface area contributed by atoms with Gasteiger partial charge in [-0.15, -0.1) is 0 Å². The molecule has 29 heavy (non-hydrogen) atoms. The molecule has 4 nitrogen and oxygen atoms in total. The third kappa shape index (κ3) is 4.67. The van der Waals surface area contributed by atoms with Crippen LogP contribution >= 0.6 is 0 Å². The largest absolute Gasteiger partial charge is 0.418 e. The molecule has 0 spiro atoms. The number of Topliss-reactive ketones (excluding diaryl/α,β-unsaturated/α-hetero) is 1. The molecule has 3 rings (SSSR count). The number of para-hydroxylation sites is 1. The zero-order chi connectivity index (χ0) is 21.2. The van der Waals surface area contributed by atoms with Crippen molar-refractivity contribution in [1.29, 1.82) is 0 Å². The van der Waals surface area contributed by atoms with Crippen molar-refractivity contribution < 1.29 is 22.8 Å². The summed E-state index contributed by atoms with van der Waals surface area (Å²) in [6.45, 7) is 3.43. The number of hydrogen-bond donors (Lipinski definition) is 2. The van der Waals surface area contributed by atoms with Gasteiger partial charge in [0.25, 0.3) is 5.91 Å². The van der Waals surface area contributed by atoms with Crippen LogP contribution in [0.2, 0.25) is 0 Å². The van der Waals surface area contributed by atoms with E-state index in [4.69, 9.17) is 0 Å². The van der Waals surface area contributed by atoms with Gasteiger partial charge in [-0.2, -0.15) is 13.2 Å². The Morgan fingerprint density at radius 2 is 1.72 bits per heavy atom. The number of hydrogen-bond acceptors (Lipinski definition) is 3. The lowest BCUT2D eigenvalue weighted by molar-refractivity contribution is -0.137. The van der Waals surface area contributed by atoms with Crippen LogP contribution in [0.5, 0.6) is 0 Å². The molecule has 2 aromatic carbocycles. The quantitative estimate of drug-likeness (QED) is 0.689. The highest BCUT2D eigenvalue weighted by Gasteiger charge is 2.34. The van der Waals surface area contributed by atoms with Crippen LogP contribution in [-0.4, -0.2) is 11.7 Å². The fraction of sp³-hybridized carbons (Fsp3) is 0.273. The normalized spacial score (nSPS) is 14.7. The zero-order valence-electron chi connectivity index (χ0n) is 16.1. The number of carbonyl (C=O) groups is 2. The maximum atomic E-state index is 13.5. The van der Waals surface area contributed by atoms with Crippen molar-refractivity contribution in [3.05, 3.63) is 70.4 Å². The Balaban J connectivity index is 1.96. The Hall–Kier alpha value is -3.09. The molecule has 7 heteroatoms. The van der Waals surface area contributed by atoms with Crippen molar-refractivity contribution in [2.75, 3.05) is 10.6 Å². The third-order valence-electron chi connectivity index (χ3n) is 4.97. The number of ketones is 1. The van der Waals surface area contributed by atoms with E-state index < -0.39 is 17.6 Å². The van der Waals surface area contributed by atoms with Gasteiger partial charge >= 0.3 is 6.18 Å². The Kier molecular flexibility index (Phi) is 5.77. The average Bonchev–Trinajstić information content (AvgIpc) is 2.66. The topological polar surface area (TPSA) is 58.2 Å². The van der Waals surface area contributed by atoms with Crippen LogP contribution in [0.15, 0.2) is 53.7 Å². The van der Waals surface area contributed by atoms with Gasteiger partial charge < -0.3 is 10.6 Å². The van der Waals surface area contributed by atoms with Gasteiger partial charge in [-0.05, 0) is 56.5 Å². The number of rotatable bonds is 4. The number of alkyl halides is 3. The van der Waals surface area contributed by atoms with Gasteiger partial charge in [-0.25, -0.2) is 0 Å². The first kappa shape index (κ1) is 20.6. The number of aryl methyl sites for hydroxylation is 1. The van der Waals surface area contributed by atoms with E-state index in [-0.39, 0.29) is 17.0 Å². The lowest BCUT2D eigenvalue weighted by Crippen LogP contribution is -2.18. The lowest BCUT2D eigenvalue weighted by atomic mass is 9.95. The fourth-order valence-corrected chi connectivity index (χ4v) is 3.23. The van der Waals surface area contributed by atoms with Gasteiger partial charge in [-0.3, -0.25) is 9.59 Å². The molecule has 0 aromatic heterocycles. The van der Waals surface area contributed by atoms with Crippen molar-refractivity contribution in [3.8, 4) is 0 Å². The summed E-state index contributed by atoms with van der Waals surface area (Å²) in [5, 5.41) is 5.48. The second kappa shape index (κ2) is 8.11. The van der Waals surface area contributed by atoms with Crippen molar-refractivity contribution in [1.82, 2.24) is 0 Å². The second-order valence-electron chi connectivity index (χ2n) is 7.03. The van der Waals surface area contributed by atoms with Gasteiger partial charge in [0.2, 0.25) is 0 Å². The Bertz CT molecular complexity index is 994. The van der Waals surface area contributed by atoms with Gasteiger partial charge in [0.1, 0.15) is 0 Å². The molecule has 1 aliphatic rings. The van der Waals surface area contributed by atoms with Crippen molar-refractivity contribution >= 4 is 23.1 Å². The van der Waals surface area contributed by atoms with E-state index in [1.807, 2.05) is 19.1 Å². The molecule has 1 aliphatic carbocycles. The van der Waals surface area contributed by atoms with Gasteiger partial charge in [-0.1, -0.05) is 18.2 Å². The van der Waals surface area contributed by atoms with E-state index in [0.29, 0.717) is 36.2 Å². The molecule has 2 aromatic rings. The molecular weight excluding hydrogens is 381 g/mol. The van der Waals surface area contributed by atoms with Crippen LogP contribution in [0.25, 0.3) is 0 Å². The first-order valence-electron chi connectivity index (χ1n) is 9.25. The van der Waals surface area contributed by atoms with E-state index in [9.17, 15) is 22.8 Å². The van der Waals surface area contributed by atoms with Crippen LogP contribution in [0.3, 0.4) is 0 Å². The molecule has 0 saturated heterocycles. The molecule has 1 amide bonds. The Morgan fingerprint density at radius 3 is 2.41 bits per heavy atom. The summed E-state index contributed by atoms with van der Waals surface area (Å²) < 4.78 is 40.5. The lowest BCUT2D eigenvalue weighted by Gasteiger charge is -2.22. The summed E-state index contributed by atoms with van der Waals surface area (Å²) in [7, 11) is 0. The highest BCUT2D eigenvalue weighted by molar-refractivity contribution is 6.05.